The second kappa shape index (κ2) is 19.9. The average Bonchev–Trinajstić information content (AvgIpc) is 3.63. The van der Waals surface area contributed by atoms with Crippen molar-refractivity contribution in [2.45, 2.75) is 187 Å². The van der Waals surface area contributed by atoms with Crippen LogP contribution in [0, 0.1) is 24.3 Å². The summed E-state index contributed by atoms with van der Waals surface area (Å²) < 4.78 is 35.9. The number of rotatable bonds is 23. The first kappa shape index (κ1) is 41.9. The number of unbranched alkanes of at least 4 members (excludes halogenated alkanes) is 13. The van der Waals surface area contributed by atoms with Gasteiger partial charge in [0.05, 0.1) is 12.2 Å². The minimum atomic E-state index is -2.39. The molecule has 4 atom stereocenters. The number of esters is 1. The Morgan fingerprint density at radius 3 is 2.20 bits per heavy atom. The molecule has 1 aliphatic heterocycles. The van der Waals surface area contributed by atoms with E-state index in [0.29, 0.717) is 24.3 Å². The number of fused-ring (bicyclic) bond motifs is 1. The van der Waals surface area contributed by atoms with Gasteiger partial charge in [0.2, 0.25) is 0 Å². The number of carbonyl (C=O) groups is 1. The number of anilines is 1. The average molecular weight is 716 g/mol. The van der Waals surface area contributed by atoms with Crippen molar-refractivity contribution in [3.8, 4) is 12.3 Å². The van der Waals surface area contributed by atoms with E-state index in [1.807, 2.05) is 6.92 Å². The molecule has 50 heavy (non-hydrogen) atoms. The highest BCUT2D eigenvalue weighted by atomic mass is 28.4. The smallest absolute Gasteiger partial charge is 0.312 e. The van der Waals surface area contributed by atoms with Crippen LogP contribution in [0.1, 0.15) is 157 Å². The number of ether oxygens (including phenoxy) is 2. The minimum absolute atomic E-state index is 0.130. The predicted octanol–water partition coefficient (Wildman–Crippen LogP) is 10.5. The lowest BCUT2D eigenvalue weighted by molar-refractivity contribution is -0.227. The normalized spacial score (nSPS) is 20.2. The molecule has 0 bridgehead atoms. The third kappa shape index (κ3) is 11.7. The van der Waals surface area contributed by atoms with Crippen molar-refractivity contribution in [1.82, 2.24) is 19.5 Å². The molecule has 1 fully saturated rings. The number of hydrogen-bond acceptors (Lipinski definition) is 8. The first-order valence-electron chi connectivity index (χ1n) is 19.5. The summed E-state index contributed by atoms with van der Waals surface area (Å²) in [5, 5.41) is 3.15. The van der Waals surface area contributed by atoms with Crippen LogP contribution in [0.3, 0.4) is 0 Å². The Kier molecular flexibility index (Phi) is 16.7. The number of aromatic nitrogens is 4. The van der Waals surface area contributed by atoms with Gasteiger partial charge in [-0.05, 0) is 36.9 Å². The van der Waals surface area contributed by atoms with Crippen molar-refractivity contribution < 1.29 is 23.1 Å². The molecule has 0 radical (unpaired) electrons. The molecule has 0 aromatic carbocycles. The SMILES string of the molecule is C#C[C@]1(OC(=O)C(C)CCCCC)O[C@@H](n2cnc3c(NCCCCCCCCCCCCCC)nc(F)nc32)C[C@@H]1O[Si](C)(C)C(C)(C)C. The maximum absolute atomic E-state index is 14.9. The summed E-state index contributed by atoms with van der Waals surface area (Å²) in [7, 11) is -2.39. The fourth-order valence-electron chi connectivity index (χ4n) is 6.20. The van der Waals surface area contributed by atoms with Gasteiger partial charge in [0.25, 0.3) is 0 Å². The molecule has 0 spiro atoms. The number of carbonyl (C=O) groups excluding carboxylic acids is 1. The summed E-state index contributed by atoms with van der Waals surface area (Å²) in [6.07, 6.45) is 24.5. The zero-order chi connectivity index (χ0) is 36.8. The predicted molar refractivity (Wildman–Crippen MR) is 203 cm³/mol. The van der Waals surface area contributed by atoms with Gasteiger partial charge in [-0.1, -0.05) is 131 Å². The van der Waals surface area contributed by atoms with Crippen molar-refractivity contribution in [2.75, 3.05) is 11.9 Å². The molecule has 1 unspecified atom stereocenters. The highest BCUT2D eigenvalue weighted by Crippen LogP contribution is 2.46. The zero-order valence-corrected chi connectivity index (χ0v) is 33.4. The summed E-state index contributed by atoms with van der Waals surface area (Å²) >= 11 is 0. The van der Waals surface area contributed by atoms with Crippen molar-refractivity contribution in [1.29, 1.82) is 0 Å². The van der Waals surface area contributed by atoms with Crippen molar-refractivity contribution >= 4 is 31.3 Å². The lowest BCUT2D eigenvalue weighted by Crippen LogP contribution is -2.52. The van der Waals surface area contributed by atoms with Crippen molar-refractivity contribution in [3.05, 3.63) is 12.4 Å². The third-order valence-corrected chi connectivity index (χ3v) is 15.0. The van der Waals surface area contributed by atoms with Crippen molar-refractivity contribution in [3.63, 3.8) is 0 Å². The van der Waals surface area contributed by atoms with Gasteiger partial charge in [0.1, 0.15) is 12.3 Å². The second-order valence-corrected chi connectivity index (χ2v) is 20.5. The van der Waals surface area contributed by atoms with E-state index in [1.165, 1.54) is 64.2 Å². The minimum Gasteiger partial charge on any atom is -0.418 e. The van der Waals surface area contributed by atoms with E-state index in [9.17, 15) is 9.18 Å². The van der Waals surface area contributed by atoms with E-state index in [4.69, 9.17) is 20.3 Å². The Morgan fingerprint density at radius 1 is 1.04 bits per heavy atom. The molecule has 0 amide bonds. The molecule has 1 saturated heterocycles. The number of nitrogens with one attached hydrogen (secondary N) is 1. The van der Waals surface area contributed by atoms with Gasteiger partial charge in [-0.3, -0.25) is 9.36 Å². The summed E-state index contributed by atoms with van der Waals surface area (Å²) in [5.41, 5.74) is 0.716. The fraction of sp³-hybridized carbons (Fsp3) is 0.795. The van der Waals surface area contributed by atoms with Gasteiger partial charge >= 0.3 is 17.8 Å². The molecule has 3 heterocycles. The molecule has 3 rings (SSSR count). The van der Waals surface area contributed by atoms with Crippen LogP contribution in [-0.2, 0) is 18.7 Å². The largest absolute Gasteiger partial charge is 0.418 e. The van der Waals surface area contributed by atoms with E-state index >= 15 is 0 Å². The number of hydrogen-bond donors (Lipinski definition) is 1. The van der Waals surface area contributed by atoms with E-state index in [0.717, 1.165) is 32.1 Å². The van der Waals surface area contributed by atoms with Gasteiger partial charge in [-0.2, -0.15) is 14.4 Å². The number of halogens is 1. The van der Waals surface area contributed by atoms with Crippen LogP contribution < -0.4 is 5.32 Å². The van der Waals surface area contributed by atoms with E-state index in [-0.39, 0.29) is 23.0 Å². The van der Waals surface area contributed by atoms with E-state index in [2.05, 4.69) is 73.9 Å². The quantitative estimate of drug-likeness (QED) is 0.0399. The number of nitrogens with zero attached hydrogens (tertiary/aromatic N) is 4. The summed E-state index contributed by atoms with van der Waals surface area (Å²) in [6.45, 7) is 17.6. The standard InChI is InChI=1S/C39H66FN5O4Si/c1-10-13-15-16-17-18-19-20-21-22-23-25-27-41-34-33-35(44-37(40)43-34)45(29-42-33)32-28-31(49-50(8,9)38(5,6)7)39(12-3,47-32)48-36(46)30(4)26-24-14-11-2/h3,29-32H,10-11,13-28H2,1-2,4-9H3,(H,41,43,44)/t30?,31-,32+,39+/m0/s1. The molecule has 0 aliphatic carbocycles. The first-order valence-corrected chi connectivity index (χ1v) is 22.4. The van der Waals surface area contributed by atoms with Crippen LogP contribution >= 0.6 is 0 Å². The molecule has 1 N–H and O–H groups in total. The Morgan fingerprint density at radius 2 is 1.62 bits per heavy atom. The van der Waals surface area contributed by atoms with Crippen LogP contribution in [0.15, 0.2) is 6.33 Å². The van der Waals surface area contributed by atoms with Crippen LogP contribution in [0.5, 0.6) is 0 Å². The Balaban J connectivity index is 1.69. The molecule has 2 aromatic rings. The topological polar surface area (TPSA) is 100 Å². The Labute approximate surface area is 302 Å². The molecule has 282 valence electrons. The maximum atomic E-state index is 14.9. The van der Waals surface area contributed by atoms with E-state index < -0.39 is 38.5 Å². The second-order valence-electron chi connectivity index (χ2n) is 15.8. The van der Waals surface area contributed by atoms with Gasteiger partial charge < -0.3 is 19.2 Å². The molecule has 9 nitrogen and oxygen atoms in total. The lowest BCUT2D eigenvalue weighted by Gasteiger charge is -2.41. The third-order valence-electron chi connectivity index (χ3n) is 10.5. The number of terminal acetylenes is 1. The first-order chi connectivity index (χ1) is 23.8. The molecule has 1 aliphatic rings. The highest BCUT2D eigenvalue weighted by molar-refractivity contribution is 6.74. The molecule has 0 saturated carbocycles. The lowest BCUT2D eigenvalue weighted by atomic mass is 10.0. The van der Waals surface area contributed by atoms with Gasteiger partial charge in [0.15, 0.2) is 25.3 Å². The van der Waals surface area contributed by atoms with E-state index in [1.54, 1.807) is 10.9 Å². The Bertz CT molecular complexity index is 1370. The van der Waals surface area contributed by atoms with Gasteiger partial charge in [0, 0.05) is 13.0 Å². The number of imidazole rings is 1. The molecule has 2 aromatic heterocycles. The van der Waals surface area contributed by atoms with Crippen LogP contribution in [0.4, 0.5) is 10.2 Å². The maximum Gasteiger partial charge on any atom is 0.312 e. The Hall–Kier alpha value is -2.55. The fourth-order valence-corrected chi connectivity index (χ4v) is 7.52. The monoisotopic (exact) mass is 715 g/mol. The van der Waals surface area contributed by atoms with Gasteiger partial charge in [-0.15, -0.1) is 6.42 Å². The molecular weight excluding hydrogens is 650 g/mol. The zero-order valence-electron chi connectivity index (χ0n) is 32.4. The van der Waals surface area contributed by atoms with Crippen LogP contribution in [-0.4, -0.2) is 52.2 Å². The van der Waals surface area contributed by atoms with Crippen LogP contribution in [0.2, 0.25) is 18.1 Å². The summed E-state index contributed by atoms with van der Waals surface area (Å²) in [4.78, 5) is 26.1. The van der Waals surface area contributed by atoms with Crippen molar-refractivity contribution in [2.24, 2.45) is 5.92 Å². The van der Waals surface area contributed by atoms with Crippen LogP contribution in [0.25, 0.3) is 11.2 Å². The molecular formula is C39H66FN5O4Si. The van der Waals surface area contributed by atoms with Gasteiger partial charge in [-0.25, -0.2) is 4.98 Å². The highest BCUT2D eigenvalue weighted by Gasteiger charge is 2.56. The molecule has 11 heteroatoms. The summed E-state index contributed by atoms with van der Waals surface area (Å²) in [6, 6.07) is 0. The summed E-state index contributed by atoms with van der Waals surface area (Å²) in [5.74, 6) is 0.484.